The maximum absolute atomic E-state index is 12.6. The standard InChI is InChI=1S/C24H20ClN3O7/c1-3-34-21-12-15(14-26-27-23(29)17-5-4-6-18(13-17)28(31)32)11-20(25)22(21)35-24(30)16-7-9-19(33-2)10-8-16/h4-14H,3H2,1-2H3,(H,27,29)/b26-14-. The highest BCUT2D eigenvalue weighted by atomic mass is 35.5. The van der Waals surface area contributed by atoms with E-state index in [0.29, 0.717) is 16.9 Å². The lowest BCUT2D eigenvalue weighted by Gasteiger charge is -2.13. The summed E-state index contributed by atoms with van der Waals surface area (Å²) >= 11 is 6.34. The van der Waals surface area contributed by atoms with Crippen molar-refractivity contribution in [2.75, 3.05) is 13.7 Å². The van der Waals surface area contributed by atoms with E-state index in [2.05, 4.69) is 10.5 Å². The third kappa shape index (κ3) is 6.55. The van der Waals surface area contributed by atoms with Crippen LogP contribution in [0.3, 0.4) is 0 Å². The zero-order valence-electron chi connectivity index (χ0n) is 18.7. The second kappa shape index (κ2) is 11.6. The summed E-state index contributed by atoms with van der Waals surface area (Å²) in [5.41, 5.74) is 2.89. The van der Waals surface area contributed by atoms with Crippen molar-refractivity contribution >= 4 is 35.4 Å². The third-order valence-electron chi connectivity index (χ3n) is 4.55. The van der Waals surface area contributed by atoms with Crippen molar-refractivity contribution in [3.8, 4) is 17.2 Å². The Morgan fingerprint density at radius 2 is 1.86 bits per heavy atom. The predicted octanol–water partition coefficient (Wildman–Crippen LogP) is 4.64. The van der Waals surface area contributed by atoms with E-state index in [9.17, 15) is 19.7 Å². The van der Waals surface area contributed by atoms with Crippen molar-refractivity contribution in [3.63, 3.8) is 0 Å². The van der Waals surface area contributed by atoms with Crippen LogP contribution in [0.1, 0.15) is 33.2 Å². The third-order valence-corrected chi connectivity index (χ3v) is 4.83. The van der Waals surface area contributed by atoms with Crippen LogP contribution in [0.4, 0.5) is 5.69 Å². The molecule has 0 heterocycles. The highest BCUT2D eigenvalue weighted by Crippen LogP contribution is 2.37. The summed E-state index contributed by atoms with van der Waals surface area (Å²) in [6.07, 6.45) is 1.30. The number of hydrogen-bond acceptors (Lipinski definition) is 8. The summed E-state index contributed by atoms with van der Waals surface area (Å²) in [4.78, 5) is 35.1. The summed E-state index contributed by atoms with van der Waals surface area (Å²) < 4.78 is 16.1. The van der Waals surface area contributed by atoms with Gasteiger partial charge >= 0.3 is 5.97 Å². The monoisotopic (exact) mass is 497 g/mol. The Hall–Kier alpha value is -4.44. The Balaban J connectivity index is 1.76. The van der Waals surface area contributed by atoms with Gasteiger partial charge in [-0.3, -0.25) is 14.9 Å². The first-order chi connectivity index (χ1) is 16.8. The molecule has 0 aliphatic heterocycles. The van der Waals surface area contributed by atoms with Gasteiger partial charge in [0.05, 0.1) is 35.4 Å². The number of nitro benzene ring substituents is 1. The fourth-order valence-corrected chi connectivity index (χ4v) is 3.15. The van der Waals surface area contributed by atoms with Crippen LogP contribution in [-0.4, -0.2) is 36.7 Å². The minimum absolute atomic E-state index is 0.0344. The molecule has 0 radical (unpaired) electrons. The van der Waals surface area contributed by atoms with Crippen LogP contribution >= 0.6 is 11.6 Å². The number of hydrazone groups is 1. The first-order valence-corrected chi connectivity index (χ1v) is 10.6. The van der Waals surface area contributed by atoms with Crippen molar-refractivity contribution in [2.45, 2.75) is 6.92 Å². The van der Waals surface area contributed by atoms with Gasteiger partial charge in [-0.1, -0.05) is 17.7 Å². The summed E-state index contributed by atoms with van der Waals surface area (Å²) in [6, 6.07) is 14.6. The first-order valence-electron chi connectivity index (χ1n) is 10.2. The van der Waals surface area contributed by atoms with E-state index in [1.807, 2.05) is 0 Å². The normalized spacial score (nSPS) is 10.6. The lowest BCUT2D eigenvalue weighted by Crippen LogP contribution is -2.17. The fourth-order valence-electron chi connectivity index (χ4n) is 2.89. The summed E-state index contributed by atoms with van der Waals surface area (Å²) in [5.74, 6) is -0.441. The van der Waals surface area contributed by atoms with Gasteiger partial charge in [-0.05, 0) is 55.0 Å². The molecular weight excluding hydrogens is 478 g/mol. The molecule has 3 aromatic carbocycles. The summed E-state index contributed by atoms with van der Waals surface area (Å²) in [5, 5.41) is 14.8. The molecule has 1 amide bonds. The molecule has 0 bridgehead atoms. The quantitative estimate of drug-likeness (QED) is 0.150. The van der Waals surface area contributed by atoms with E-state index >= 15 is 0 Å². The van der Waals surface area contributed by atoms with Gasteiger partial charge in [0.2, 0.25) is 0 Å². The van der Waals surface area contributed by atoms with E-state index in [-0.39, 0.29) is 34.4 Å². The molecule has 0 spiro atoms. The Bertz CT molecular complexity index is 1280. The number of methoxy groups -OCH3 is 1. The van der Waals surface area contributed by atoms with Crippen molar-refractivity contribution in [1.82, 2.24) is 5.43 Å². The van der Waals surface area contributed by atoms with E-state index in [4.69, 9.17) is 25.8 Å². The molecule has 3 aromatic rings. The minimum Gasteiger partial charge on any atom is -0.497 e. The van der Waals surface area contributed by atoms with Crippen molar-refractivity contribution in [2.24, 2.45) is 5.10 Å². The van der Waals surface area contributed by atoms with Crippen molar-refractivity contribution in [3.05, 3.63) is 92.5 Å². The summed E-state index contributed by atoms with van der Waals surface area (Å²) in [6.45, 7) is 2.02. The number of halogens is 1. The number of benzene rings is 3. The fraction of sp³-hybridized carbons (Fsp3) is 0.125. The molecular formula is C24H20ClN3O7. The number of ether oxygens (including phenoxy) is 3. The van der Waals surface area contributed by atoms with Crippen LogP contribution in [0.25, 0.3) is 0 Å². The zero-order valence-corrected chi connectivity index (χ0v) is 19.4. The molecule has 0 unspecified atom stereocenters. The van der Waals surface area contributed by atoms with Gasteiger partial charge in [0.25, 0.3) is 11.6 Å². The van der Waals surface area contributed by atoms with Crippen LogP contribution < -0.4 is 19.6 Å². The molecule has 0 aliphatic rings. The molecule has 35 heavy (non-hydrogen) atoms. The Morgan fingerprint density at radius 1 is 1.11 bits per heavy atom. The average Bonchev–Trinajstić information content (AvgIpc) is 2.86. The van der Waals surface area contributed by atoms with Crippen LogP contribution in [0, 0.1) is 10.1 Å². The lowest BCUT2D eigenvalue weighted by atomic mass is 10.2. The van der Waals surface area contributed by atoms with E-state index in [1.54, 1.807) is 31.2 Å². The highest BCUT2D eigenvalue weighted by molar-refractivity contribution is 6.32. The second-order valence-electron chi connectivity index (χ2n) is 6.89. The molecule has 0 saturated heterocycles. The number of nitro groups is 1. The first kappa shape index (κ1) is 25.2. The molecule has 0 aliphatic carbocycles. The topological polar surface area (TPSA) is 129 Å². The zero-order chi connectivity index (χ0) is 25.4. The van der Waals surface area contributed by atoms with Gasteiger partial charge in [0.1, 0.15) is 5.75 Å². The van der Waals surface area contributed by atoms with Gasteiger partial charge < -0.3 is 14.2 Å². The molecule has 3 rings (SSSR count). The molecule has 0 fully saturated rings. The highest BCUT2D eigenvalue weighted by Gasteiger charge is 2.18. The second-order valence-corrected chi connectivity index (χ2v) is 7.29. The van der Waals surface area contributed by atoms with Crippen molar-refractivity contribution < 1.29 is 28.7 Å². The van der Waals surface area contributed by atoms with E-state index < -0.39 is 16.8 Å². The number of amides is 1. The number of carbonyl (C=O) groups excluding carboxylic acids is 2. The number of non-ortho nitro benzene ring substituents is 1. The van der Waals surface area contributed by atoms with Crippen LogP contribution in [0.5, 0.6) is 17.2 Å². The number of nitrogens with one attached hydrogen (secondary N) is 1. The number of esters is 1. The average molecular weight is 498 g/mol. The predicted molar refractivity (Wildman–Crippen MR) is 129 cm³/mol. The van der Waals surface area contributed by atoms with E-state index in [1.165, 1.54) is 43.7 Å². The van der Waals surface area contributed by atoms with Gasteiger partial charge in [-0.25, -0.2) is 10.2 Å². The Kier molecular flexibility index (Phi) is 8.36. The van der Waals surface area contributed by atoms with Gasteiger partial charge in [-0.15, -0.1) is 0 Å². The molecule has 180 valence electrons. The largest absolute Gasteiger partial charge is 0.497 e. The number of hydrogen-bond donors (Lipinski definition) is 1. The van der Waals surface area contributed by atoms with E-state index in [0.717, 1.165) is 6.07 Å². The molecule has 0 atom stereocenters. The molecule has 0 aromatic heterocycles. The Labute approximate surface area is 205 Å². The maximum atomic E-state index is 12.6. The van der Waals surface area contributed by atoms with Crippen LogP contribution in [0.15, 0.2) is 65.8 Å². The number of carbonyl (C=O) groups is 2. The number of nitrogens with zero attached hydrogens (tertiary/aromatic N) is 2. The molecule has 1 N–H and O–H groups in total. The smallest absolute Gasteiger partial charge is 0.343 e. The van der Waals surface area contributed by atoms with Crippen LogP contribution in [0.2, 0.25) is 5.02 Å². The maximum Gasteiger partial charge on any atom is 0.343 e. The Morgan fingerprint density at radius 3 is 2.51 bits per heavy atom. The van der Waals surface area contributed by atoms with Crippen LogP contribution in [-0.2, 0) is 0 Å². The molecule has 0 saturated carbocycles. The molecule has 11 heteroatoms. The van der Waals surface area contributed by atoms with Gasteiger partial charge in [-0.2, -0.15) is 5.10 Å². The minimum atomic E-state index is -0.638. The SMILES string of the molecule is CCOc1cc(/C=N\NC(=O)c2cccc([N+](=O)[O-])c2)cc(Cl)c1OC(=O)c1ccc(OC)cc1. The van der Waals surface area contributed by atoms with Gasteiger partial charge in [0.15, 0.2) is 11.5 Å². The summed E-state index contributed by atoms with van der Waals surface area (Å²) in [7, 11) is 1.52. The van der Waals surface area contributed by atoms with Crippen molar-refractivity contribution in [1.29, 1.82) is 0 Å². The molecule has 10 nitrogen and oxygen atoms in total. The van der Waals surface area contributed by atoms with Gasteiger partial charge in [0, 0.05) is 17.7 Å². The lowest BCUT2D eigenvalue weighted by molar-refractivity contribution is -0.384. The number of rotatable bonds is 9.